The third kappa shape index (κ3) is 4.86. The average Bonchev–Trinajstić information content (AvgIpc) is 2.72. The Morgan fingerprint density at radius 3 is 2.34 bits per heavy atom. The molecule has 1 N–H and O–H groups in total. The van der Waals surface area contributed by atoms with Crippen LogP contribution in [-0.4, -0.2) is 38.8 Å². The summed E-state index contributed by atoms with van der Waals surface area (Å²) in [5.41, 5.74) is 0.886. The van der Waals surface area contributed by atoms with Gasteiger partial charge in [-0.1, -0.05) is 47.5 Å². The van der Waals surface area contributed by atoms with E-state index in [1.807, 2.05) is 24.3 Å². The highest BCUT2D eigenvalue weighted by Gasteiger charge is 2.34. The third-order valence-electron chi connectivity index (χ3n) is 4.99. The fraction of sp³-hybridized carbons (Fsp3) is 0.350. The number of halogens is 2. The Hall–Kier alpha value is -1.80. The maximum absolute atomic E-state index is 12.9. The highest BCUT2D eigenvalue weighted by atomic mass is 35.5. The first-order valence-corrected chi connectivity index (χ1v) is 11.4. The van der Waals surface area contributed by atoms with Crippen LogP contribution < -0.4 is 10.1 Å². The van der Waals surface area contributed by atoms with Crippen molar-refractivity contribution in [2.24, 2.45) is 5.92 Å². The molecule has 2 aromatic rings. The number of piperidine rings is 1. The van der Waals surface area contributed by atoms with Gasteiger partial charge in [0, 0.05) is 31.1 Å². The molecule has 9 heteroatoms. The number of amides is 1. The lowest BCUT2D eigenvalue weighted by atomic mass is 9.97. The number of hydrogen-bond acceptors (Lipinski definition) is 4. The number of sulfonamides is 1. The van der Waals surface area contributed by atoms with Crippen molar-refractivity contribution in [3.05, 3.63) is 58.1 Å². The van der Waals surface area contributed by atoms with Gasteiger partial charge in [-0.05, 0) is 31.0 Å². The number of ether oxygens (including phenoxy) is 1. The topological polar surface area (TPSA) is 75.7 Å². The number of para-hydroxylation sites is 1. The lowest BCUT2D eigenvalue weighted by Crippen LogP contribution is -2.43. The Kier molecular flexibility index (Phi) is 7.05. The van der Waals surface area contributed by atoms with E-state index < -0.39 is 10.0 Å². The summed E-state index contributed by atoms with van der Waals surface area (Å²) in [6.07, 6.45) is 0.859. The monoisotopic (exact) mass is 456 g/mol. The summed E-state index contributed by atoms with van der Waals surface area (Å²) in [5.74, 6) is 0.368. The van der Waals surface area contributed by atoms with Crippen molar-refractivity contribution in [1.29, 1.82) is 0 Å². The lowest BCUT2D eigenvalue weighted by Gasteiger charge is -2.31. The second-order valence-corrected chi connectivity index (χ2v) is 9.45. The quantitative estimate of drug-likeness (QED) is 0.718. The molecule has 0 saturated carbocycles. The summed E-state index contributed by atoms with van der Waals surface area (Å²) in [6.45, 7) is 0.823. The largest absolute Gasteiger partial charge is 0.496 e. The fourth-order valence-corrected chi connectivity index (χ4v) is 5.95. The van der Waals surface area contributed by atoms with E-state index in [4.69, 9.17) is 27.9 Å². The van der Waals surface area contributed by atoms with Gasteiger partial charge in [0.15, 0.2) is 0 Å². The van der Waals surface area contributed by atoms with Crippen LogP contribution in [0, 0.1) is 5.92 Å². The standard InChI is InChI=1S/C20H22Cl2N2O4S/c1-28-18-8-3-2-5-15(18)13-23-20(25)14-9-11-24(12-10-14)29(26,27)19-16(21)6-4-7-17(19)22/h2-8,14H,9-13H2,1H3,(H,23,25). The Bertz CT molecular complexity index is 969. The van der Waals surface area contributed by atoms with Gasteiger partial charge >= 0.3 is 0 Å². The first kappa shape index (κ1) is 21.9. The van der Waals surface area contributed by atoms with Gasteiger partial charge in [0.2, 0.25) is 15.9 Å². The molecule has 0 radical (unpaired) electrons. The van der Waals surface area contributed by atoms with Gasteiger partial charge in [0.05, 0.1) is 17.2 Å². The van der Waals surface area contributed by atoms with Gasteiger partial charge in [-0.15, -0.1) is 0 Å². The summed E-state index contributed by atoms with van der Waals surface area (Å²) in [7, 11) is -2.23. The van der Waals surface area contributed by atoms with Crippen molar-refractivity contribution in [3.8, 4) is 5.75 Å². The molecule has 29 heavy (non-hydrogen) atoms. The molecule has 156 valence electrons. The summed E-state index contributed by atoms with van der Waals surface area (Å²) in [5, 5.41) is 3.10. The van der Waals surface area contributed by atoms with Gasteiger partial charge in [0.25, 0.3) is 0 Å². The molecule has 3 rings (SSSR count). The van der Waals surface area contributed by atoms with E-state index in [0.29, 0.717) is 25.1 Å². The molecular weight excluding hydrogens is 435 g/mol. The van der Waals surface area contributed by atoms with Crippen LogP contribution in [0.25, 0.3) is 0 Å². The minimum atomic E-state index is -3.82. The lowest BCUT2D eigenvalue weighted by molar-refractivity contribution is -0.126. The van der Waals surface area contributed by atoms with Crippen LogP contribution in [0.3, 0.4) is 0 Å². The molecule has 0 aliphatic carbocycles. The molecule has 2 aromatic carbocycles. The normalized spacial score (nSPS) is 15.8. The number of nitrogens with zero attached hydrogens (tertiary/aromatic N) is 1. The van der Waals surface area contributed by atoms with Gasteiger partial charge in [0.1, 0.15) is 10.6 Å². The van der Waals surface area contributed by atoms with Crippen molar-refractivity contribution in [1.82, 2.24) is 9.62 Å². The van der Waals surface area contributed by atoms with Gasteiger partial charge in [-0.3, -0.25) is 4.79 Å². The van der Waals surface area contributed by atoms with E-state index >= 15 is 0 Å². The van der Waals surface area contributed by atoms with Crippen LogP contribution in [-0.2, 0) is 21.4 Å². The van der Waals surface area contributed by atoms with Crippen LogP contribution in [0.4, 0.5) is 0 Å². The van der Waals surface area contributed by atoms with Gasteiger partial charge < -0.3 is 10.1 Å². The molecule has 0 atom stereocenters. The predicted octanol–water partition coefficient (Wildman–Crippen LogP) is 3.72. The molecule has 1 heterocycles. The third-order valence-corrected chi connectivity index (χ3v) is 7.84. The highest BCUT2D eigenvalue weighted by Crippen LogP contribution is 2.33. The number of hydrogen-bond donors (Lipinski definition) is 1. The number of methoxy groups -OCH3 is 1. The van der Waals surface area contributed by atoms with Crippen LogP contribution >= 0.6 is 23.2 Å². The zero-order chi connectivity index (χ0) is 21.0. The van der Waals surface area contributed by atoms with E-state index in [0.717, 1.165) is 5.56 Å². The van der Waals surface area contributed by atoms with E-state index in [-0.39, 0.29) is 39.9 Å². The Morgan fingerprint density at radius 2 is 1.72 bits per heavy atom. The van der Waals surface area contributed by atoms with E-state index in [2.05, 4.69) is 5.32 Å². The molecule has 0 bridgehead atoms. The minimum Gasteiger partial charge on any atom is -0.496 e. The average molecular weight is 457 g/mol. The van der Waals surface area contributed by atoms with E-state index in [9.17, 15) is 13.2 Å². The maximum Gasteiger partial charge on any atom is 0.246 e. The molecule has 0 unspecified atom stereocenters. The van der Waals surface area contributed by atoms with Crippen LogP contribution in [0.15, 0.2) is 47.4 Å². The van der Waals surface area contributed by atoms with Crippen molar-refractivity contribution in [3.63, 3.8) is 0 Å². The smallest absolute Gasteiger partial charge is 0.246 e. The van der Waals surface area contributed by atoms with Gasteiger partial charge in [-0.25, -0.2) is 8.42 Å². The number of nitrogens with one attached hydrogen (secondary N) is 1. The minimum absolute atomic E-state index is 0.0811. The predicted molar refractivity (Wildman–Crippen MR) is 113 cm³/mol. The summed E-state index contributed by atoms with van der Waals surface area (Å²) in [6, 6.07) is 12.1. The first-order valence-electron chi connectivity index (χ1n) is 9.18. The highest BCUT2D eigenvalue weighted by molar-refractivity contribution is 7.89. The second kappa shape index (κ2) is 9.34. The number of carbonyl (C=O) groups excluding carboxylic acids is 1. The van der Waals surface area contributed by atoms with E-state index in [1.54, 1.807) is 13.2 Å². The SMILES string of the molecule is COc1ccccc1CNC(=O)C1CCN(S(=O)(=O)c2c(Cl)cccc2Cl)CC1. The van der Waals surface area contributed by atoms with Gasteiger partial charge in [-0.2, -0.15) is 4.31 Å². The van der Waals surface area contributed by atoms with E-state index in [1.165, 1.54) is 16.4 Å². The molecule has 1 saturated heterocycles. The Morgan fingerprint density at radius 1 is 1.10 bits per heavy atom. The zero-order valence-electron chi connectivity index (χ0n) is 15.9. The van der Waals surface area contributed by atoms with Crippen molar-refractivity contribution >= 4 is 39.1 Å². The molecule has 6 nitrogen and oxygen atoms in total. The molecule has 0 aromatic heterocycles. The number of carbonyl (C=O) groups is 1. The Balaban J connectivity index is 1.61. The molecule has 0 spiro atoms. The second-order valence-electron chi connectivity index (χ2n) is 6.76. The summed E-state index contributed by atoms with van der Waals surface area (Å²) >= 11 is 12.1. The zero-order valence-corrected chi connectivity index (χ0v) is 18.2. The number of benzene rings is 2. The van der Waals surface area contributed by atoms with Crippen molar-refractivity contribution in [2.45, 2.75) is 24.3 Å². The molecular formula is C20H22Cl2N2O4S. The molecule has 1 aliphatic rings. The molecule has 1 aliphatic heterocycles. The summed E-state index contributed by atoms with van der Waals surface area (Å²) < 4.78 is 32.5. The van der Waals surface area contributed by atoms with Crippen molar-refractivity contribution in [2.75, 3.05) is 20.2 Å². The van der Waals surface area contributed by atoms with Crippen LogP contribution in [0.1, 0.15) is 18.4 Å². The number of rotatable bonds is 6. The van der Waals surface area contributed by atoms with Crippen molar-refractivity contribution < 1.29 is 17.9 Å². The fourth-order valence-electron chi connectivity index (χ4n) is 3.39. The molecule has 1 amide bonds. The van der Waals surface area contributed by atoms with Crippen LogP contribution in [0.2, 0.25) is 10.0 Å². The molecule has 1 fully saturated rings. The first-order chi connectivity index (χ1) is 13.8. The maximum atomic E-state index is 12.9. The summed E-state index contributed by atoms with van der Waals surface area (Å²) in [4.78, 5) is 12.5. The van der Waals surface area contributed by atoms with Crippen LogP contribution in [0.5, 0.6) is 5.75 Å². The Labute approximate surface area is 180 Å².